The molecule has 1 fully saturated rings. The zero-order chi connectivity index (χ0) is 13.9. The molecule has 0 amide bonds. The smallest absolute Gasteiger partial charge is 0.161 e. The Balaban J connectivity index is 2.37. The van der Waals surface area contributed by atoms with Crippen molar-refractivity contribution in [3.63, 3.8) is 0 Å². The quantitative estimate of drug-likeness (QED) is 0.517. The summed E-state index contributed by atoms with van der Waals surface area (Å²) < 4.78 is 39.9. The fourth-order valence-corrected chi connectivity index (χ4v) is 4.58. The van der Waals surface area contributed by atoms with Gasteiger partial charge in [-0.05, 0) is 22.8 Å². The highest BCUT2D eigenvalue weighted by atomic mass is 79.9. The van der Waals surface area contributed by atoms with E-state index in [9.17, 15) is 13.2 Å². The Hall–Kier alpha value is -0.510. The maximum atomic E-state index is 13.7. The summed E-state index contributed by atoms with van der Waals surface area (Å²) in [5.74, 6) is -2.67. The van der Waals surface area contributed by atoms with E-state index in [2.05, 4.69) is 43.6 Å². The molecule has 0 aliphatic heterocycles. The summed E-state index contributed by atoms with van der Waals surface area (Å²) in [6, 6.07) is 1.57. The fraction of sp³-hybridized carbons (Fsp3) is 0.571. The third-order valence-electron chi connectivity index (χ3n) is 4.76. The van der Waals surface area contributed by atoms with Crippen molar-refractivity contribution in [2.45, 2.75) is 32.5 Å². The van der Waals surface area contributed by atoms with Crippen molar-refractivity contribution in [3.8, 4) is 0 Å². The van der Waals surface area contributed by atoms with Crippen LogP contribution in [-0.2, 0) is 0 Å². The fourth-order valence-electron chi connectivity index (χ4n) is 2.91. The minimum atomic E-state index is -1.15. The third kappa shape index (κ3) is 1.80. The zero-order valence-corrected chi connectivity index (χ0v) is 12.4. The molecule has 1 saturated carbocycles. The predicted molar refractivity (Wildman–Crippen MR) is 69.0 cm³/mol. The second-order valence-corrected chi connectivity index (χ2v) is 7.10. The largest absolute Gasteiger partial charge is 0.207 e. The van der Waals surface area contributed by atoms with Crippen LogP contribution in [0.3, 0.4) is 0 Å². The van der Waals surface area contributed by atoms with Gasteiger partial charge in [0.1, 0.15) is 5.82 Å². The van der Waals surface area contributed by atoms with Gasteiger partial charge >= 0.3 is 0 Å². The average molecular weight is 321 g/mol. The number of hydrogen-bond donors (Lipinski definition) is 0. The highest BCUT2D eigenvalue weighted by molar-refractivity contribution is 9.09. The van der Waals surface area contributed by atoms with Gasteiger partial charge in [0.25, 0.3) is 0 Å². The van der Waals surface area contributed by atoms with E-state index in [0.717, 1.165) is 6.07 Å². The molecule has 18 heavy (non-hydrogen) atoms. The van der Waals surface area contributed by atoms with E-state index in [1.54, 1.807) is 0 Å². The lowest BCUT2D eigenvalue weighted by Gasteiger charge is -2.14. The van der Waals surface area contributed by atoms with Crippen LogP contribution in [0.1, 0.15) is 38.1 Å². The lowest BCUT2D eigenvalue weighted by Crippen LogP contribution is -2.04. The van der Waals surface area contributed by atoms with Gasteiger partial charge in [-0.3, -0.25) is 0 Å². The summed E-state index contributed by atoms with van der Waals surface area (Å²) in [6.45, 7) is 8.40. The highest BCUT2D eigenvalue weighted by Crippen LogP contribution is 2.74. The molecule has 1 atom stereocenters. The van der Waals surface area contributed by atoms with Crippen molar-refractivity contribution in [1.82, 2.24) is 0 Å². The molecule has 1 aromatic rings. The Morgan fingerprint density at radius 2 is 1.39 bits per heavy atom. The third-order valence-corrected chi connectivity index (χ3v) is 5.78. The van der Waals surface area contributed by atoms with E-state index in [0.29, 0.717) is 6.07 Å². The first kappa shape index (κ1) is 13.9. The molecule has 1 aliphatic carbocycles. The molecule has 0 saturated heterocycles. The molecule has 0 N–H and O–H groups in total. The standard InChI is InChI=1S/C14H16BrF3/c1-13(2)12(14(13,3)4)11(15)7-5-9(17)10(18)6-8(7)16/h5-6,11-12H,1-4H3. The molecule has 0 bridgehead atoms. The van der Waals surface area contributed by atoms with Gasteiger partial charge in [0.2, 0.25) is 0 Å². The second-order valence-electron chi connectivity index (χ2n) is 6.11. The van der Waals surface area contributed by atoms with Crippen molar-refractivity contribution in [1.29, 1.82) is 0 Å². The Morgan fingerprint density at radius 1 is 0.944 bits per heavy atom. The Labute approximate surface area is 114 Å². The molecular formula is C14H16BrF3. The molecule has 0 heterocycles. The number of rotatable bonds is 2. The van der Waals surface area contributed by atoms with E-state index in [-0.39, 0.29) is 27.1 Å². The summed E-state index contributed by atoms with van der Waals surface area (Å²) in [6.07, 6.45) is 0. The van der Waals surface area contributed by atoms with Crippen LogP contribution in [0.25, 0.3) is 0 Å². The normalized spacial score (nSPS) is 22.9. The second kappa shape index (κ2) is 3.99. The lowest BCUT2D eigenvalue weighted by atomic mass is 10.0. The van der Waals surface area contributed by atoms with Gasteiger partial charge in [0.15, 0.2) is 11.6 Å². The lowest BCUT2D eigenvalue weighted by molar-refractivity contribution is 0.457. The minimum absolute atomic E-state index is 0.0401. The van der Waals surface area contributed by atoms with Crippen molar-refractivity contribution < 1.29 is 13.2 Å². The Kier molecular flexibility index (Phi) is 3.08. The van der Waals surface area contributed by atoms with E-state index in [1.165, 1.54) is 0 Å². The average Bonchev–Trinajstić information content (AvgIpc) is 2.62. The molecule has 1 aromatic carbocycles. The molecule has 100 valence electrons. The first-order chi connectivity index (χ1) is 8.10. The number of halogens is 4. The molecular weight excluding hydrogens is 305 g/mol. The van der Waals surface area contributed by atoms with Gasteiger partial charge in [0.05, 0.1) is 0 Å². The zero-order valence-electron chi connectivity index (χ0n) is 10.8. The number of alkyl halides is 1. The van der Waals surface area contributed by atoms with Crippen LogP contribution in [-0.4, -0.2) is 0 Å². The Bertz CT molecular complexity index is 480. The van der Waals surface area contributed by atoms with Crippen LogP contribution in [0.2, 0.25) is 0 Å². The predicted octanol–water partition coefficient (Wildman–Crippen LogP) is 5.22. The summed E-state index contributed by atoms with van der Waals surface area (Å²) in [5, 5.41) is 0. The summed E-state index contributed by atoms with van der Waals surface area (Å²) in [5.41, 5.74) is 0.272. The maximum absolute atomic E-state index is 13.7. The summed E-state index contributed by atoms with van der Waals surface area (Å²) >= 11 is 3.44. The van der Waals surface area contributed by atoms with Crippen LogP contribution in [0.15, 0.2) is 12.1 Å². The summed E-state index contributed by atoms with van der Waals surface area (Å²) in [7, 11) is 0. The van der Waals surface area contributed by atoms with Gasteiger partial charge in [-0.25, -0.2) is 13.2 Å². The van der Waals surface area contributed by atoms with Crippen molar-refractivity contribution in [2.24, 2.45) is 16.7 Å². The number of hydrogen-bond acceptors (Lipinski definition) is 0. The van der Waals surface area contributed by atoms with Crippen LogP contribution in [0.4, 0.5) is 13.2 Å². The van der Waals surface area contributed by atoms with Gasteiger partial charge in [-0.1, -0.05) is 43.6 Å². The van der Waals surface area contributed by atoms with Crippen molar-refractivity contribution in [3.05, 3.63) is 35.1 Å². The van der Waals surface area contributed by atoms with Gasteiger partial charge in [-0.2, -0.15) is 0 Å². The van der Waals surface area contributed by atoms with Gasteiger partial charge in [0, 0.05) is 16.5 Å². The Morgan fingerprint density at radius 3 is 1.83 bits per heavy atom. The monoisotopic (exact) mass is 320 g/mol. The van der Waals surface area contributed by atoms with Gasteiger partial charge in [-0.15, -0.1) is 0 Å². The van der Waals surface area contributed by atoms with E-state index >= 15 is 0 Å². The molecule has 4 heteroatoms. The maximum Gasteiger partial charge on any atom is 0.161 e. The van der Waals surface area contributed by atoms with E-state index in [1.807, 2.05) is 0 Å². The van der Waals surface area contributed by atoms with Crippen LogP contribution >= 0.6 is 15.9 Å². The van der Waals surface area contributed by atoms with Crippen LogP contribution in [0, 0.1) is 34.2 Å². The highest BCUT2D eigenvalue weighted by Gasteiger charge is 2.67. The molecule has 0 nitrogen and oxygen atoms in total. The minimum Gasteiger partial charge on any atom is -0.207 e. The molecule has 0 spiro atoms. The van der Waals surface area contributed by atoms with Crippen LogP contribution < -0.4 is 0 Å². The van der Waals surface area contributed by atoms with Crippen molar-refractivity contribution >= 4 is 15.9 Å². The molecule has 2 rings (SSSR count). The molecule has 0 aromatic heterocycles. The first-order valence-electron chi connectivity index (χ1n) is 5.89. The molecule has 0 radical (unpaired) electrons. The first-order valence-corrected chi connectivity index (χ1v) is 6.80. The van der Waals surface area contributed by atoms with E-state index in [4.69, 9.17) is 0 Å². The van der Waals surface area contributed by atoms with E-state index < -0.39 is 17.5 Å². The van der Waals surface area contributed by atoms with Crippen molar-refractivity contribution in [2.75, 3.05) is 0 Å². The number of benzene rings is 1. The summed E-state index contributed by atoms with van der Waals surface area (Å²) in [4.78, 5) is -0.308. The van der Waals surface area contributed by atoms with Crippen LogP contribution in [0.5, 0.6) is 0 Å². The topological polar surface area (TPSA) is 0 Å². The molecule has 1 aliphatic rings. The van der Waals surface area contributed by atoms with Gasteiger partial charge < -0.3 is 0 Å². The SMILES string of the molecule is CC1(C)C(C(Br)c2cc(F)c(F)cc2F)C1(C)C. The molecule has 1 unspecified atom stereocenters.